The number of hydrogen-bond donors (Lipinski definition) is 2. The second-order valence-electron chi connectivity index (χ2n) is 5.14. The van der Waals surface area contributed by atoms with Crippen molar-refractivity contribution >= 4 is 17.3 Å². The van der Waals surface area contributed by atoms with E-state index in [9.17, 15) is 9.18 Å². The molecule has 4 nitrogen and oxygen atoms in total. The first kappa shape index (κ1) is 14.4. The predicted octanol–water partition coefficient (Wildman–Crippen LogP) is 3.20. The van der Waals surface area contributed by atoms with Gasteiger partial charge in [0.15, 0.2) is 6.61 Å². The van der Waals surface area contributed by atoms with E-state index < -0.39 is 11.7 Å². The van der Waals surface area contributed by atoms with E-state index in [1.165, 1.54) is 17.7 Å². The fraction of sp³-hybridized carbons (Fsp3) is 0.235. The summed E-state index contributed by atoms with van der Waals surface area (Å²) in [5.41, 5.74) is 2.30. The number of anilines is 2. The number of para-hydroxylation sites is 2. The summed E-state index contributed by atoms with van der Waals surface area (Å²) in [6.45, 7) is 0.737. The minimum atomic E-state index is -0.463. The maximum absolute atomic E-state index is 13.5. The molecule has 0 fully saturated rings. The molecule has 114 valence electrons. The van der Waals surface area contributed by atoms with Crippen LogP contribution in [0.15, 0.2) is 42.5 Å². The molecular formula is C17H17FN2O2. The van der Waals surface area contributed by atoms with Crippen LogP contribution in [-0.4, -0.2) is 19.1 Å². The molecule has 0 radical (unpaired) electrons. The zero-order valence-corrected chi connectivity index (χ0v) is 12.1. The summed E-state index contributed by atoms with van der Waals surface area (Å²) in [6, 6.07) is 11.8. The molecule has 2 aromatic carbocycles. The van der Waals surface area contributed by atoms with Gasteiger partial charge < -0.3 is 15.4 Å². The molecular weight excluding hydrogens is 283 g/mol. The van der Waals surface area contributed by atoms with E-state index in [4.69, 9.17) is 4.74 Å². The summed E-state index contributed by atoms with van der Waals surface area (Å²) in [4.78, 5) is 11.9. The van der Waals surface area contributed by atoms with Gasteiger partial charge in [0.05, 0.1) is 11.4 Å². The molecule has 5 heteroatoms. The largest absolute Gasteiger partial charge is 0.482 e. The second kappa shape index (κ2) is 6.47. The fourth-order valence-electron chi connectivity index (χ4n) is 2.49. The maximum Gasteiger partial charge on any atom is 0.262 e. The van der Waals surface area contributed by atoms with Crippen molar-refractivity contribution in [1.82, 2.24) is 0 Å². The first-order valence-corrected chi connectivity index (χ1v) is 7.27. The van der Waals surface area contributed by atoms with Crippen molar-refractivity contribution in [1.29, 1.82) is 0 Å². The Morgan fingerprint density at radius 1 is 1.23 bits per heavy atom. The lowest BCUT2D eigenvalue weighted by Gasteiger charge is -2.21. The first-order chi connectivity index (χ1) is 10.7. The standard InChI is InChI=1S/C17H17FN2O2/c18-13-7-1-2-8-14(13)20-16(21)11-22-15-9-3-5-12-6-4-10-19-17(12)15/h1-3,5,7-9,19H,4,6,10-11H2,(H,20,21). The molecule has 0 atom stereocenters. The van der Waals surface area contributed by atoms with E-state index >= 15 is 0 Å². The smallest absolute Gasteiger partial charge is 0.262 e. The van der Waals surface area contributed by atoms with Crippen LogP contribution >= 0.6 is 0 Å². The summed E-state index contributed by atoms with van der Waals surface area (Å²) in [7, 11) is 0. The average Bonchev–Trinajstić information content (AvgIpc) is 2.55. The third-order valence-electron chi connectivity index (χ3n) is 3.54. The summed E-state index contributed by atoms with van der Waals surface area (Å²) in [5.74, 6) is -0.200. The van der Waals surface area contributed by atoms with Crippen LogP contribution in [0.2, 0.25) is 0 Å². The van der Waals surface area contributed by atoms with Crippen molar-refractivity contribution < 1.29 is 13.9 Å². The van der Waals surface area contributed by atoms with Gasteiger partial charge >= 0.3 is 0 Å². The third-order valence-corrected chi connectivity index (χ3v) is 3.54. The number of fused-ring (bicyclic) bond motifs is 1. The molecule has 0 saturated heterocycles. The van der Waals surface area contributed by atoms with E-state index in [0.29, 0.717) is 5.75 Å². The maximum atomic E-state index is 13.5. The Hall–Kier alpha value is -2.56. The number of amides is 1. The van der Waals surface area contributed by atoms with Gasteiger partial charge in [-0.25, -0.2) is 4.39 Å². The molecule has 1 aliphatic heterocycles. The Morgan fingerprint density at radius 3 is 2.95 bits per heavy atom. The fourth-order valence-corrected chi connectivity index (χ4v) is 2.49. The lowest BCUT2D eigenvalue weighted by molar-refractivity contribution is -0.118. The van der Waals surface area contributed by atoms with Crippen molar-refractivity contribution in [3.05, 3.63) is 53.8 Å². The predicted molar refractivity (Wildman–Crippen MR) is 83.8 cm³/mol. The normalized spacial score (nSPS) is 13.0. The number of carbonyl (C=O) groups excluding carboxylic acids is 1. The number of carbonyl (C=O) groups is 1. The Labute approximate surface area is 128 Å². The van der Waals surface area contributed by atoms with Crippen LogP contribution < -0.4 is 15.4 Å². The molecule has 1 heterocycles. The minimum Gasteiger partial charge on any atom is -0.482 e. The Bertz CT molecular complexity index is 688. The van der Waals surface area contributed by atoms with Gasteiger partial charge in [0.1, 0.15) is 11.6 Å². The first-order valence-electron chi connectivity index (χ1n) is 7.27. The third kappa shape index (κ3) is 3.19. The summed E-state index contributed by atoms with van der Waals surface area (Å²) < 4.78 is 19.1. The molecule has 1 amide bonds. The lowest BCUT2D eigenvalue weighted by Crippen LogP contribution is -2.21. The van der Waals surface area contributed by atoms with E-state index in [2.05, 4.69) is 10.6 Å². The quantitative estimate of drug-likeness (QED) is 0.911. The molecule has 0 aliphatic carbocycles. The molecule has 2 aromatic rings. The van der Waals surface area contributed by atoms with Crippen LogP contribution in [0.4, 0.5) is 15.8 Å². The van der Waals surface area contributed by atoms with Gasteiger partial charge in [-0.3, -0.25) is 4.79 Å². The highest BCUT2D eigenvalue weighted by atomic mass is 19.1. The van der Waals surface area contributed by atoms with Gasteiger partial charge in [-0.05, 0) is 36.6 Å². The molecule has 1 aliphatic rings. The van der Waals surface area contributed by atoms with Gasteiger partial charge in [0, 0.05) is 6.54 Å². The van der Waals surface area contributed by atoms with Gasteiger partial charge in [-0.2, -0.15) is 0 Å². The Balaban J connectivity index is 1.63. The molecule has 22 heavy (non-hydrogen) atoms. The summed E-state index contributed by atoms with van der Waals surface area (Å²) in [6.07, 6.45) is 2.09. The van der Waals surface area contributed by atoms with Crippen molar-refractivity contribution in [2.45, 2.75) is 12.8 Å². The van der Waals surface area contributed by atoms with Crippen molar-refractivity contribution in [2.24, 2.45) is 0 Å². The molecule has 0 bridgehead atoms. The van der Waals surface area contributed by atoms with Crippen LogP contribution in [0, 0.1) is 5.82 Å². The zero-order valence-electron chi connectivity index (χ0n) is 12.1. The van der Waals surface area contributed by atoms with Crippen LogP contribution in [0.1, 0.15) is 12.0 Å². The SMILES string of the molecule is O=C(COc1cccc2c1NCCC2)Nc1ccccc1F. The molecule has 0 spiro atoms. The molecule has 0 unspecified atom stereocenters. The number of hydrogen-bond acceptors (Lipinski definition) is 3. The van der Waals surface area contributed by atoms with Gasteiger partial charge in [-0.15, -0.1) is 0 Å². The van der Waals surface area contributed by atoms with Gasteiger partial charge in [0.2, 0.25) is 0 Å². The second-order valence-corrected chi connectivity index (χ2v) is 5.14. The van der Waals surface area contributed by atoms with Crippen LogP contribution in [0.25, 0.3) is 0 Å². The Kier molecular flexibility index (Phi) is 4.23. The number of halogens is 1. The van der Waals surface area contributed by atoms with E-state index in [0.717, 1.165) is 25.1 Å². The molecule has 2 N–H and O–H groups in total. The van der Waals surface area contributed by atoms with Crippen LogP contribution in [-0.2, 0) is 11.2 Å². The van der Waals surface area contributed by atoms with E-state index in [1.54, 1.807) is 12.1 Å². The number of ether oxygens (including phenoxy) is 1. The summed E-state index contributed by atoms with van der Waals surface area (Å²) >= 11 is 0. The van der Waals surface area contributed by atoms with Crippen LogP contribution in [0.5, 0.6) is 5.75 Å². The van der Waals surface area contributed by atoms with E-state index in [-0.39, 0.29) is 12.3 Å². The minimum absolute atomic E-state index is 0.157. The van der Waals surface area contributed by atoms with Crippen LogP contribution in [0.3, 0.4) is 0 Å². The lowest BCUT2D eigenvalue weighted by atomic mass is 10.0. The highest BCUT2D eigenvalue weighted by Crippen LogP contribution is 2.31. The Morgan fingerprint density at radius 2 is 2.09 bits per heavy atom. The number of nitrogens with one attached hydrogen (secondary N) is 2. The zero-order chi connectivity index (χ0) is 15.4. The van der Waals surface area contributed by atoms with Crippen molar-refractivity contribution in [3.63, 3.8) is 0 Å². The monoisotopic (exact) mass is 300 g/mol. The number of rotatable bonds is 4. The van der Waals surface area contributed by atoms with Crippen molar-refractivity contribution in [3.8, 4) is 5.75 Å². The molecule has 0 aromatic heterocycles. The average molecular weight is 300 g/mol. The highest BCUT2D eigenvalue weighted by Gasteiger charge is 2.14. The topological polar surface area (TPSA) is 50.4 Å². The van der Waals surface area contributed by atoms with Crippen molar-refractivity contribution in [2.75, 3.05) is 23.8 Å². The summed E-state index contributed by atoms with van der Waals surface area (Å²) in [5, 5.41) is 5.80. The van der Waals surface area contributed by atoms with Gasteiger partial charge in [0.25, 0.3) is 5.91 Å². The molecule has 0 saturated carbocycles. The molecule has 3 rings (SSSR count). The van der Waals surface area contributed by atoms with E-state index in [1.807, 2.05) is 18.2 Å². The number of benzene rings is 2. The highest BCUT2D eigenvalue weighted by molar-refractivity contribution is 5.92. The number of aryl methyl sites for hydroxylation is 1. The van der Waals surface area contributed by atoms with Gasteiger partial charge in [-0.1, -0.05) is 24.3 Å².